The van der Waals surface area contributed by atoms with Crippen molar-refractivity contribution in [1.82, 2.24) is 14.6 Å². The summed E-state index contributed by atoms with van der Waals surface area (Å²) >= 11 is 0. The number of anilines is 1. The number of ether oxygens (including phenoxy) is 1. The minimum atomic E-state index is -0.488. The van der Waals surface area contributed by atoms with E-state index in [1.165, 1.54) is 0 Å². The number of primary amides is 1. The van der Waals surface area contributed by atoms with Gasteiger partial charge in [-0.1, -0.05) is 36.4 Å². The zero-order chi connectivity index (χ0) is 30.2. The predicted molar refractivity (Wildman–Crippen MR) is 172 cm³/mol. The second-order valence-corrected chi connectivity index (χ2v) is 11.2. The summed E-state index contributed by atoms with van der Waals surface area (Å²) in [5, 5.41) is 5.38. The molecule has 0 aliphatic heterocycles. The lowest BCUT2D eigenvalue weighted by Gasteiger charge is -2.39. The molecule has 7 rings (SSSR count). The Balaban J connectivity index is 1.44. The summed E-state index contributed by atoms with van der Waals surface area (Å²) in [6.45, 7) is -0.125. The molecular weight excluding hydrogens is 552 g/mol. The van der Waals surface area contributed by atoms with Gasteiger partial charge in [0, 0.05) is 39.7 Å². The lowest BCUT2D eigenvalue weighted by molar-refractivity contribution is -0.148. The molecule has 3 aromatic heterocycles. The standard InChI is InChI=1S/C35H32N6O3/c36-19-33(42)44-27-13-11-25(12-14-27)40(26-6-4-16-38-21-26)41-31-9-3-7-28(24-17-22-5-1-2-8-30(22)39-20-24)34(31)29-15-10-23(35(37)43)18-32(29)41/h1-10,15-18,20-21,25,27H,11-14,19,36H2,(H2,37,43). The molecule has 0 spiro atoms. The Hall–Kier alpha value is -5.28. The molecule has 1 amide bonds. The zero-order valence-electron chi connectivity index (χ0n) is 24.1. The first-order valence-corrected chi connectivity index (χ1v) is 14.8. The van der Waals surface area contributed by atoms with Gasteiger partial charge in [0.05, 0.1) is 41.0 Å². The molecule has 0 unspecified atom stereocenters. The number of hydrogen-bond acceptors (Lipinski definition) is 7. The van der Waals surface area contributed by atoms with Gasteiger partial charge in [-0.3, -0.25) is 29.2 Å². The van der Waals surface area contributed by atoms with Gasteiger partial charge in [0.1, 0.15) is 6.10 Å². The van der Waals surface area contributed by atoms with Gasteiger partial charge in [0.25, 0.3) is 0 Å². The number of benzene rings is 3. The fraction of sp³-hybridized carbons (Fsp3) is 0.200. The molecule has 0 radical (unpaired) electrons. The topological polar surface area (TPSA) is 129 Å². The van der Waals surface area contributed by atoms with Crippen LogP contribution in [0.2, 0.25) is 0 Å². The van der Waals surface area contributed by atoms with E-state index in [2.05, 4.69) is 45.0 Å². The molecule has 6 aromatic rings. The van der Waals surface area contributed by atoms with Crippen molar-refractivity contribution in [3.63, 3.8) is 0 Å². The van der Waals surface area contributed by atoms with Gasteiger partial charge in [0.2, 0.25) is 5.91 Å². The van der Waals surface area contributed by atoms with E-state index in [0.717, 1.165) is 62.4 Å². The third kappa shape index (κ3) is 4.91. The summed E-state index contributed by atoms with van der Waals surface area (Å²) < 4.78 is 7.78. The highest BCUT2D eigenvalue weighted by molar-refractivity contribution is 6.16. The van der Waals surface area contributed by atoms with E-state index in [4.69, 9.17) is 21.2 Å². The first kappa shape index (κ1) is 27.5. The molecule has 3 heterocycles. The third-order valence-electron chi connectivity index (χ3n) is 8.53. The molecule has 0 bridgehead atoms. The Kier molecular flexibility index (Phi) is 7.15. The quantitative estimate of drug-likeness (QED) is 0.234. The lowest BCUT2D eigenvalue weighted by Crippen LogP contribution is -2.43. The maximum absolute atomic E-state index is 12.4. The molecule has 3 aromatic carbocycles. The minimum absolute atomic E-state index is 0.0639. The Morgan fingerprint density at radius 2 is 1.75 bits per heavy atom. The molecule has 4 N–H and O–H groups in total. The second kappa shape index (κ2) is 11.4. The SMILES string of the molecule is NCC(=O)OC1CCC(N(c2cccnc2)n2c3cc(C(N)=O)ccc3c3c(-c4cnc5ccccc5c4)cccc32)CC1. The molecule has 220 valence electrons. The second-order valence-electron chi connectivity index (χ2n) is 11.2. The number of amides is 1. The summed E-state index contributed by atoms with van der Waals surface area (Å²) in [6, 6.07) is 26.2. The average molecular weight is 585 g/mol. The number of nitrogens with two attached hydrogens (primary N) is 2. The van der Waals surface area contributed by atoms with Crippen LogP contribution in [0.15, 0.2) is 97.5 Å². The number of fused-ring (bicyclic) bond motifs is 4. The molecule has 1 aliphatic rings. The van der Waals surface area contributed by atoms with Crippen molar-refractivity contribution in [1.29, 1.82) is 0 Å². The maximum Gasteiger partial charge on any atom is 0.319 e. The number of nitrogens with zero attached hydrogens (tertiary/aromatic N) is 4. The number of carbonyl (C=O) groups excluding carboxylic acids is 2. The lowest BCUT2D eigenvalue weighted by atomic mass is 9.92. The van der Waals surface area contributed by atoms with Crippen LogP contribution >= 0.6 is 0 Å². The zero-order valence-corrected chi connectivity index (χ0v) is 24.1. The Morgan fingerprint density at radius 1 is 0.909 bits per heavy atom. The molecular formula is C35H32N6O3. The summed E-state index contributed by atoms with van der Waals surface area (Å²) in [4.78, 5) is 33.5. The van der Waals surface area contributed by atoms with Crippen molar-refractivity contribution < 1.29 is 14.3 Å². The van der Waals surface area contributed by atoms with E-state index in [9.17, 15) is 9.59 Å². The monoisotopic (exact) mass is 584 g/mol. The number of carbonyl (C=O) groups is 2. The first-order chi connectivity index (χ1) is 21.5. The normalized spacial score (nSPS) is 16.8. The van der Waals surface area contributed by atoms with Gasteiger partial charge in [-0.15, -0.1) is 0 Å². The van der Waals surface area contributed by atoms with Crippen LogP contribution in [0.1, 0.15) is 36.0 Å². The van der Waals surface area contributed by atoms with Crippen LogP contribution in [0, 0.1) is 0 Å². The molecule has 9 heteroatoms. The third-order valence-corrected chi connectivity index (χ3v) is 8.53. The van der Waals surface area contributed by atoms with Crippen LogP contribution in [0.3, 0.4) is 0 Å². The van der Waals surface area contributed by atoms with Gasteiger partial charge >= 0.3 is 5.97 Å². The predicted octanol–water partition coefficient (Wildman–Crippen LogP) is 5.59. The van der Waals surface area contributed by atoms with Crippen molar-refractivity contribution in [3.05, 3.63) is 103 Å². The maximum atomic E-state index is 12.4. The highest BCUT2D eigenvalue weighted by Gasteiger charge is 2.31. The fourth-order valence-corrected chi connectivity index (χ4v) is 6.51. The Morgan fingerprint density at radius 3 is 2.52 bits per heavy atom. The van der Waals surface area contributed by atoms with Crippen molar-refractivity contribution in [2.75, 3.05) is 11.6 Å². The van der Waals surface area contributed by atoms with Crippen LogP contribution in [0.4, 0.5) is 5.69 Å². The fourth-order valence-electron chi connectivity index (χ4n) is 6.51. The van der Waals surface area contributed by atoms with Gasteiger partial charge in [0.15, 0.2) is 0 Å². The summed E-state index contributed by atoms with van der Waals surface area (Å²) in [7, 11) is 0. The van der Waals surface area contributed by atoms with Crippen LogP contribution in [0.5, 0.6) is 0 Å². The Labute approximate surface area is 254 Å². The van der Waals surface area contributed by atoms with Gasteiger partial charge in [-0.05, 0) is 73.7 Å². The van der Waals surface area contributed by atoms with Crippen molar-refractivity contribution in [2.24, 2.45) is 11.5 Å². The van der Waals surface area contributed by atoms with Crippen molar-refractivity contribution in [3.8, 4) is 11.1 Å². The van der Waals surface area contributed by atoms with Crippen LogP contribution in [0.25, 0.3) is 43.8 Å². The van der Waals surface area contributed by atoms with E-state index in [0.29, 0.717) is 18.4 Å². The molecule has 0 atom stereocenters. The van der Waals surface area contributed by atoms with Gasteiger partial charge in [-0.25, -0.2) is 0 Å². The summed E-state index contributed by atoms with van der Waals surface area (Å²) in [5.74, 6) is -0.868. The highest BCUT2D eigenvalue weighted by atomic mass is 16.5. The smallest absolute Gasteiger partial charge is 0.319 e. The largest absolute Gasteiger partial charge is 0.461 e. The van der Waals surface area contributed by atoms with Crippen molar-refractivity contribution in [2.45, 2.75) is 37.8 Å². The molecule has 44 heavy (non-hydrogen) atoms. The highest BCUT2D eigenvalue weighted by Crippen LogP contribution is 2.40. The first-order valence-electron chi connectivity index (χ1n) is 14.8. The molecule has 1 fully saturated rings. The molecule has 9 nitrogen and oxygen atoms in total. The van der Waals surface area contributed by atoms with Crippen molar-refractivity contribution >= 4 is 50.3 Å². The van der Waals surface area contributed by atoms with Crippen LogP contribution < -0.4 is 16.5 Å². The van der Waals surface area contributed by atoms with E-state index < -0.39 is 5.91 Å². The summed E-state index contributed by atoms with van der Waals surface area (Å²) in [6.07, 6.45) is 8.35. The van der Waals surface area contributed by atoms with Crippen LogP contribution in [-0.2, 0) is 9.53 Å². The number of rotatable bonds is 7. The summed E-state index contributed by atoms with van der Waals surface area (Å²) in [5.41, 5.74) is 17.4. The number of hydrogen-bond donors (Lipinski definition) is 2. The number of aromatic nitrogens is 3. The van der Waals surface area contributed by atoms with E-state index in [-0.39, 0.29) is 24.7 Å². The van der Waals surface area contributed by atoms with Gasteiger partial charge < -0.3 is 16.2 Å². The molecule has 1 saturated carbocycles. The number of esters is 1. The number of pyridine rings is 2. The minimum Gasteiger partial charge on any atom is -0.461 e. The number of para-hydroxylation sites is 1. The van der Waals surface area contributed by atoms with Crippen LogP contribution in [-0.4, -0.2) is 45.2 Å². The van der Waals surface area contributed by atoms with E-state index in [1.807, 2.05) is 54.9 Å². The average Bonchev–Trinajstić information content (AvgIpc) is 3.39. The van der Waals surface area contributed by atoms with E-state index >= 15 is 0 Å². The molecule has 1 aliphatic carbocycles. The molecule has 0 saturated heterocycles. The van der Waals surface area contributed by atoms with Gasteiger partial charge in [-0.2, -0.15) is 0 Å². The Bertz CT molecular complexity index is 2010. The van der Waals surface area contributed by atoms with E-state index in [1.54, 1.807) is 12.3 Å².